The van der Waals surface area contributed by atoms with Gasteiger partial charge in [-0.1, -0.05) is 11.2 Å². The second-order valence-corrected chi connectivity index (χ2v) is 11.6. The number of ether oxygens (including phenoxy) is 1. The van der Waals surface area contributed by atoms with Crippen LogP contribution < -0.4 is 10.5 Å². The molecule has 0 aliphatic carbocycles. The molecule has 1 aliphatic rings. The number of amidine groups is 1. The quantitative estimate of drug-likeness (QED) is 0.520. The third-order valence-electron chi connectivity index (χ3n) is 5.88. The Morgan fingerprint density at radius 2 is 2.00 bits per heavy atom. The maximum Gasteiger partial charge on any atom is 0.264 e. The summed E-state index contributed by atoms with van der Waals surface area (Å²) in [6.07, 6.45) is 3.54. The van der Waals surface area contributed by atoms with Crippen LogP contribution in [-0.4, -0.2) is 44.9 Å². The van der Waals surface area contributed by atoms with E-state index in [2.05, 4.69) is 25.1 Å². The third-order valence-corrected chi connectivity index (χ3v) is 8.59. The van der Waals surface area contributed by atoms with E-state index in [4.69, 9.17) is 15.0 Å². The van der Waals surface area contributed by atoms with Crippen molar-refractivity contribution >= 4 is 27.6 Å². The van der Waals surface area contributed by atoms with Gasteiger partial charge in [0.05, 0.1) is 18.1 Å². The summed E-state index contributed by atoms with van der Waals surface area (Å²) >= 11 is 0. The smallest absolute Gasteiger partial charge is 0.264 e. The summed E-state index contributed by atoms with van der Waals surface area (Å²) in [5, 5.41) is 3.64. The fraction of sp³-hybridized carbons (Fsp3) is 0.348. The Labute approximate surface area is 206 Å². The van der Waals surface area contributed by atoms with Gasteiger partial charge < -0.3 is 15.0 Å². The Bertz CT molecular complexity index is 1470. The standard InChI is InChI=1S/C23H24F2N6O4S/c1-13-29-20(35-31-13)11-34-19-10-27-18(9-28-19)17(25)8-14-5-6-16(24)15(7-14)23(4)12-36(32,33)22(2,3)21(26)30-23/h5-10H,11-12H2,1-4H3,(H2,26,30)/b17-8-/t23-/m0/s1. The monoisotopic (exact) mass is 518 g/mol. The summed E-state index contributed by atoms with van der Waals surface area (Å²) in [4.78, 5) is 16.3. The highest BCUT2D eigenvalue weighted by molar-refractivity contribution is 7.93. The predicted octanol–water partition coefficient (Wildman–Crippen LogP) is 3.13. The summed E-state index contributed by atoms with van der Waals surface area (Å²) in [7, 11) is -3.74. The van der Waals surface area contributed by atoms with Gasteiger partial charge >= 0.3 is 0 Å². The molecule has 190 valence electrons. The van der Waals surface area contributed by atoms with Gasteiger partial charge in [0, 0.05) is 5.56 Å². The minimum absolute atomic E-state index is 0.0165. The Hall–Kier alpha value is -3.74. The first-order valence-corrected chi connectivity index (χ1v) is 12.5. The average molecular weight is 519 g/mol. The number of nitrogens with zero attached hydrogens (tertiary/aromatic N) is 5. The molecular weight excluding hydrogens is 494 g/mol. The zero-order chi connectivity index (χ0) is 26.3. The molecule has 0 bridgehead atoms. The molecule has 0 amide bonds. The highest BCUT2D eigenvalue weighted by Gasteiger charge is 2.49. The minimum atomic E-state index is -3.74. The highest BCUT2D eigenvalue weighted by atomic mass is 32.2. The number of aliphatic imine (C=N–C) groups is 1. The van der Waals surface area contributed by atoms with Crippen LogP contribution in [0.3, 0.4) is 0 Å². The predicted molar refractivity (Wildman–Crippen MR) is 128 cm³/mol. The Kier molecular flexibility index (Phi) is 6.37. The number of benzene rings is 1. The van der Waals surface area contributed by atoms with E-state index >= 15 is 0 Å². The lowest BCUT2D eigenvalue weighted by Gasteiger charge is -2.38. The zero-order valence-corrected chi connectivity index (χ0v) is 20.8. The SMILES string of the molecule is Cc1noc(COc2cnc(/C(F)=C/c3ccc(F)c([C@]4(C)CS(=O)(=O)C(C)(C)C(N)=N4)c3)cn2)n1. The van der Waals surface area contributed by atoms with E-state index in [1.807, 2.05) is 0 Å². The second kappa shape index (κ2) is 9.04. The van der Waals surface area contributed by atoms with E-state index < -0.39 is 37.5 Å². The Balaban J connectivity index is 1.57. The maximum absolute atomic E-state index is 14.9. The van der Waals surface area contributed by atoms with E-state index in [1.165, 1.54) is 45.3 Å². The maximum atomic E-state index is 14.9. The molecule has 1 aliphatic heterocycles. The van der Waals surface area contributed by atoms with Crippen LogP contribution in [0.15, 0.2) is 40.1 Å². The van der Waals surface area contributed by atoms with Gasteiger partial charge in [-0.2, -0.15) is 4.98 Å². The molecule has 3 aromatic rings. The van der Waals surface area contributed by atoms with Gasteiger partial charge in [0.1, 0.15) is 27.6 Å². The average Bonchev–Trinajstić information content (AvgIpc) is 3.23. The lowest BCUT2D eigenvalue weighted by molar-refractivity contribution is 0.234. The number of sulfone groups is 1. The van der Waals surface area contributed by atoms with Crippen molar-refractivity contribution < 1.29 is 26.5 Å². The molecule has 1 atom stereocenters. The van der Waals surface area contributed by atoms with Gasteiger partial charge in [-0.25, -0.2) is 27.2 Å². The summed E-state index contributed by atoms with van der Waals surface area (Å²) in [5.74, 6) is -1.15. The molecule has 4 rings (SSSR count). The molecule has 0 unspecified atom stereocenters. The van der Waals surface area contributed by atoms with Crippen molar-refractivity contribution in [1.82, 2.24) is 20.1 Å². The van der Waals surface area contributed by atoms with Gasteiger partial charge in [0.2, 0.25) is 5.88 Å². The van der Waals surface area contributed by atoms with E-state index in [-0.39, 0.29) is 41.0 Å². The van der Waals surface area contributed by atoms with Crippen LogP contribution >= 0.6 is 0 Å². The van der Waals surface area contributed by atoms with E-state index in [0.29, 0.717) is 5.82 Å². The van der Waals surface area contributed by atoms with E-state index in [0.717, 1.165) is 12.1 Å². The van der Waals surface area contributed by atoms with Crippen molar-refractivity contribution in [3.8, 4) is 5.88 Å². The van der Waals surface area contributed by atoms with Gasteiger partial charge in [-0.05, 0) is 51.5 Å². The van der Waals surface area contributed by atoms with Crippen LogP contribution in [0.2, 0.25) is 0 Å². The Morgan fingerprint density at radius 3 is 2.61 bits per heavy atom. The lowest BCUT2D eigenvalue weighted by Crippen LogP contribution is -2.55. The van der Waals surface area contributed by atoms with Crippen LogP contribution in [0.1, 0.15) is 49.3 Å². The molecule has 1 aromatic carbocycles. The van der Waals surface area contributed by atoms with Gasteiger partial charge in [0.25, 0.3) is 5.89 Å². The highest BCUT2D eigenvalue weighted by Crippen LogP contribution is 2.38. The number of aryl methyl sites for hydroxylation is 1. The van der Waals surface area contributed by atoms with Crippen LogP contribution in [0.5, 0.6) is 5.88 Å². The van der Waals surface area contributed by atoms with E-state index in [9.17, 15) is 17.2 Å². The molecule has 0 fully saturated rings. The lowest BCUT2D eigenvalue weighted by atomic mass is 9.91. The van der Waals surface area contributed by atoms with Crippen molar-refractivity contribution in [2.45, 2.75) is 44.6 Å². The fourth-order valence-electron chi connectivity index (χ4n) is 3.59. The molecule has 0 saturated carbocycles. The minimum Gasteiger partial charge on any atom is -0.466 e. The van der Waals surface area contributed by atoms with Gasteiger partial charge in [-0.15, -0.1) is 0 Å². The molecule has 13 heteroatoms. The zero-order valence-electron chi connectivity index (χ0n) is 20.0. The van der Waals surface area contributed by atoms with Crippen LogP contribution in [0.4, 0.5) is 8.78 Å². The first-order chi connectivity index (χ1) is 16.8. The first kappa shape index (κ1) is 25.4. The summed E-state index contributed by atoms with van der Waals surface area (Å²) < 4.78 is 64.3. The number of nitrogens with two attached hydrogens (primary N) is 1. The second-order valence-electron chi connectivity index (χ2n) is 9.04. The van der Waals surface area contributed by atoms with Crippen molar-refractivity contribution in [2.24, 2.45) is 10.7 Å². The summed E-state index contributed by atoms with van der Waals surface area (Å²) in [6.45, 7) is 6.03. The first-order valence-electron chi connectivity index (χ1n) is 10.8. The number of hydrogen-bond donors (Lipinski definition) is 1. The fourth-order valence-corrected chi connectivity index (χ4v) is 5.28. The number of hydrogen-bond acceptors (Lipinski definition) is 10. The number of rotatable bonds is 6. The molecule has 3 heterocycles. The normalized spacial score (nSPS) is 21.2. The van der Waals surface area contributed by atoms with Crippen LogP contribution in [-0.2, 0) is 22.0 Å². The van der Waals surface area contributed by atoms with Crippen molar-refractivity contribution in [2.75, 3.05) is 5.75 Å². The topological polar surface area (TPSA) is 146 Å². The molecule has 10 nitrogen and oxygen atoms in total. The number of aromatic nitrogens is 4. The van der Waals surface area contributed by atoms with Crippen LogP contribution in [0, 0.1) is 12.7 Å². The van der Waals surface area contributed by atoms with Crippen molar-refractivity contribution in [3.63, 3.8) is 0 Å². The van der Waals surface area contributed by atoms with Gasteiger partial charge in [0.15, 0.2) is 28.1 Å². The van der Waals surface area contributed by atoms with E-state index in [1.54, 1.807) is 6.92 Å². The summed E-state index contributed by atoms with van der Waals surface area (Å²) in [5.41, 5.74) is 4.65. The Morgan fingerprint density at radius 1 is 1.25 bits per heavy atom. The van der Waals surface area contributed by atoms with Gasteiger partial charge in [-0.3, -0.25) is 4.99 Å². The molecule has 0 radical (unpaired) electrons. The van der Waals surface area contributed by atoms with Crippen molar-refractivity contribution in [1.29, 1.82) is 0 Å². The third kappa shape index (κ3) is 4.83. The molecule has 2 aromatic heterocycles. The molecule has 2 N–H and O–H groups in total. The number of halogens is 2. The summed E-state index contributed by atoms with van der Waals surface area (Å²) in [6, 6.07) is 3.82. The molecule has 0 saturated heterocycles. The van der Waals surface area contributed by atoms with Crippen molar-refractivity contribution in [3.05, 3.63) is 64.9 Å². The molecular formula is C23H24F2N6O4S. The largest absolute Gasteiger partial charge is 0.466 e. The van der Waals surface area contributed by atoms with Crippen LogP contribution in [0.25, 0.3) is 11.9 Å². The molecule has 0 spiro atoms. The molecule has 36 heavy (non-hydrogen) atoms.